The SMILES string of the molecule is CCOc1cc(C(N)=S)ccc1OC(C)CC. The molecule has 0 amide bonds. The quantitative estimate of drug-likeness (QED) is 0.792. The number of nitrogens with two attached hydrogens (primary N) is 1. The third-order valence-corrected chi connectivity index (χ3v) is 2.67. The zero-order chi connectivity index (χ0) is 12.8. The van der Waals surface area contributed by atoms with Gasteiger partial charge in [0, 0.05) is 5.56 Å². The van der Waals surface area contributed by atoms with E-state index in [1.54, 1.807) is 0 Å². The van der Waals surface area contributed by atoms with Crippen molar-refractivity contribution in [3.05, 3.63) is 23.8 Å². The maximum absolute atomic E-state index is 5.77. The van der Waals surface area contributed by atoms with Crippen molar-refractivity contribution < 1.29 is 9.47 Å². The Morgan fingerprint density at radius 3 is 2.59 bits per heavy atom. The first kappa shape index (κ1) is 13.8. The standard InChI is InChI=1S/C13H19NO2S/c1-4-9(3)16-11-7-6-10(13(14)17)8-12(11)15-5-2/h6-9H,4-5H2,1-3H3,(H2,14,17). The van der Waals surface area contributed by atoms with Crippen molar-refractivity contribution in [2.75, 3.05) is 6.61 Å². The molecule has 1 aromatic rings. The fraction of sp³-hybridized carbons (Fsp3) is 0.462. The van der Waals surface area contributed by atoms with Gasteiger partial charge >= 0.3 is 0 Å². The van der Waals surface area contributed by atoms with Gasteiger partial charge in [0.25, 0.3) is 0 Å². The van der Waals surface area contributed by atoms with E-state index in [0.717, 1.165) is 17.7 Å². The Morgan fingerprint density at radius 1 is 1.35 bits per heavy atom. The first-order chi connectivity index (χ1) is 8.08. The average Bonchev–Trinajstić information content (AvgIpc) is 2.31. The fourth-order valence-electron chi connectivity index (χ4n) is 1.33. The van der Waals surface area contributed by atoms with Crippen LogP contribution in [0.5, 0.6) is 11.5 Å². The summed E-state index contributed by atoms with van der Waals surface area (Å²) in [5.41, 5.74) is 6.38. The Morgan fingerprint density at radius 2 is 2.06 bits per heavy atom. The lowest BCUT2D eigenvalue weighted by molar-refractivity contribution is 0.203. The zero-order valence-corrected chi connectivity index (χ0v) is 11.3. The van der Waals surface area contributed by atoms with E-state index in [-0.39, 0.29) is 6.10 Å². The van der Waals surface area contributed by atoms with Crippen LogP contribution in [0.3, 0.4) is 0 Å². The van der Waals surface area contributed by atoms with Crippen molar-refractivity contribution >= 4 is 17.2 Å². The van der Waals surface area contributed by atoms with Gasteiger partial charge in [0.15, 0.2) is 11.5 Å². The Labute approximate surface area is 108 Å². The molecule has 0 saturated carbocycles. The second-order valence-electron chi connectivity index (χ2n) is 3.80. The molecule has 0 bridgehead atoms. The summed E-state index contributed by atoms with van der Waals surface area (Å²) in [5.74, 6) is 1.43. The molecule has 0 heterocycles. The smallest absolute Gasteiger partial charge is 0.161 e. The van der Waals surface area contributed by atoms with Gasteiger partial charge in [-0.15, -0.1) is 0 Å². The molecule has 4 heteroatoms. The maximum atomic E-state index is 5.77. The van der Waals surface area contributed by atoms with Crippen molar-refractivity contribution in [3.63, 3.8) is 0 Å². The van der Waals surface area contributed by atoms with Crippen LogP contribution in [-0.2, 0) is 0 Å². The number of ether oxygens (including phenoxy) is 2. The van der Waals surface area contributed by atoms with Gasteiger partial charge in [-0.25, -0.2) is 0 Å². The summed E-state index contributed by atoms with van der Waals surface area (Å²) in [4.78, 5) is 0.362. The van der Waals surface area contributed by atoms with E-state index in [9.17, 15) is 0 Å². The molecule has 2 N–H and O–H groups in total. The van der Waals surface area contributed by atoms with Crippen LogP contribution in [0.15, 0.2) is 18.2 Å². The second kappa shape index (κ2) is 6.45. The summed E-state index contributed by atoms with van der Waals surface area (Å²) < 4.78 is 11.3. The van der Waals surface area contributed by atoms with Crippen LogP contribution in [0, 0.1) is 0 Å². The molecule has 3 nitrogen and oxygen atoms in total. The van der Waals surface area contributed by atoms with Gasteiger partial charge in [-0.2, -0.15) is 0 Å². The van der Waals surface area contributed by atoms with Crippen molar-refractivity contribution in [1.82, 2.24) is 0 Å². The highest BCUT2D eigenvalue weighted by Gasteiger charge is 2.10. The molecule has 0 radical (unpaired) electrons. The molecule has 1 aromatic carbocycles. The van der Waals surface area contributed by atoms with E-state index in [2.05, 4.69) is 6.92 Å². The van der Waals surface area contributed by atoms with Gasteiger partial charge < -0.3 is 15.2 Å². The molecule has 0 aliphatic heterocycles. The van der Waals surface area contributed by atoms with Gasteiger partial charge in [-0.3, -0.25) is 0 Å². The van der Waals surface area contributed by atoms with Crippen LogP contribution >= 0.6 is 12.2 Å². The second-order valence-corrected chi connectivity index (χ2v) is 4.24. The average molecular weight is 253 g/mol. The van der Waals surface area contributed by atoms with Gasteiger partial charge in [0.05, 0.1) is 12.7 Å². The van der Waals surface area contributed by atoms with Gasteiger partial charge in [-0.1, -0.05) is 19.1 Å². The topological polar surface area (TPSA) is 44.5 Å². The first-order valence-electron chi connectivity index (χ1n) is 5.81. The van der Waals surface area contributed by atoms with Crippen molar-refractivity contribution in [3.8, 4) is 11.5 Å². The summed E-state index contributed by atoms with van der Waals surface area (Å²) in [6.07, 6.45) is 1.10. The summed E-state index contributed by atoms with van der Waals surface area (Å²) >= 11 is 4.94. The van der Waals surface area contributed by atoms with Gasteiger partial charge in [0.2, 0.25) is 0 Å². The van der Waals surface area contributed by atoms with Crippen LogP contribution in [0.2, 0.25) is 0 Å². The Balaban J connectivity index is 2.99. The van der Waals surface area contributed by atoms with Crippen LogP contribution in [0.25, 0.3) is 0 Å². The molecule has 0 aliphatic carbocycles. The molecule has 0 aromatic heterocycles. The molecule has 1 unspecified atom stereocenters. The maximum Gasteiger partial charge on any atom is 0.161 e. The first-order valence-corrected chi connectivity index (χ1v) is 6.22. The number of hydrogen-bond donors (Lipinski definition) is 1. The van der Waals surface area contributed by atoms with E-state index in [4.69, 9.17) is 27.4 Å². The predicted molar refractivity (Wildman–Crippen MR) is 73.9 cm³/mol. The van der Waals surface area contributed by atoms with E-state index in [0.29, 0.717) is 17.3 Å². The Hall–Kier alpha value is -1.29. The minimum absolute atomic E-state index is 0.157. The lowest BCUT2D eigenvalue weighted by Gasteiger charge is -2.16. The third kappa shape index (κ3) is 3.89. The van der Waals surface area contributed by atoms with E-state index in [1.807, 2.05) is 32.0 Å². The highest BCUT2D eigenvalue weighted by molar-refractivity contribution is 7.80. The minimum atomic E-state index is 0.157. The van der Waals surface area contributed by atoms with E-state index in [1.165, 1.54) is 0 Å². The van der Waals surface area contributed by atoms with Crippen LogP contribution in [0.4, 0.5) is 0 Å². The third-order valence-electron chi connectivity index (χ3n) is 2.43. The normalized spacial score (nSPS) is 11.9. The van der Waals surface area contributed by atoms with E-state index >= 15 is 0 Å². The summed E-state index contributed by atoms with van der Waals surface area (Å²) in [6.45, 7) is 6.61. The minimum Gasteiger partial charge on any atom is -0.490 e. The fourth-order valence-corrected chi connectivity index (χ4v) is 1.45. The summed E-state index contributed by atoms with van der Waals surface area (Å²) in [6, 6.07) is 5.53. The molecule has 1 rings (SSSR count). The lowest BCUT2D eigenvalue weighted by Crippen LogP contribution is -2.13. The molecule has 17 heavy (non-hydrogen) atoms. The lowest BCUT2D eigenvalue weighted by atomic mass is 10.2. The number of hydrogen-bond acceptors (Lipinski definition) is 3. The number of thiocarbonyl (C=S) groups is 1. The summed E-state index contributed by atoms with van der Waals surface area (Å²) in [7, 11) is 0. The molecule has 0 aliphatic rings. The zero-order valence-electron chi connectivity index (χ0n) is 10.5. The molecule has 0 spiro atoms. The largest absolute Gasteiger partial charge is 0.490 e. The molecule has 0 saturated heterocycles. The molecular weight excluding hydrogens is 234 g/mol. The monoisotopic (exact) mass is 253 g/mol. The van der Waals surface area contributed by atoms with Crippen molar-refractivity contribution in [2.45, 2.75) is 33.3 Å². The Bertz CT molecular complexity index is 393. The van der Waals surface area contributed by atoms with Gasteiger partial charge in [-0.05, 0) is 38.5 Å². The molecular formula is C13H19NO2S. The predicted octanol–water partition coefficient (Wildman–Crippen LogP) is 2.90. The number of rotatable bonds is 6. The molecule has 1 atom stereocenters. The molecule has 94 valence electrons. The Kier molecular flexibility index (Phi) is 5.22. The van der Waals surface area contributed by atoms with Crippen molar-refractivity contribution in [1.29, 1.82) is 0 Å². The van der Waals surface area contributed by atoms with Crippen LogP contribution in [0.1, 0.15) is 32.8 Å². The van der Waals surface area contributed by atoms with Crippen molar-refractivity contribution in [2.24, 2.45) is 5.73 Å². The highest BCUT2D eigenvalue weighted by atomic mass is 32.1. The number of benzene rings is 1. The highest BCUT2D eigenvalue weighted by Crippen LogP contribution is 2.29. The van der Waals surface area contributed by atoms with Crippen LogP contribution < -0.4 is 15.2 Å². The van der Waals surface area contributed by atoms with Gasteiger partial charge in [0.1, 0.15) is 4.99 Å². The summed E-state index contributed by atoms with van der Waals surface area (Å²) in [5, 5.41) is 0. The van der Waals surface area contributed by atoms with E-state index < -0.39 is 0 Å². The molecule has 0 fully saturated rings. The van der Waals surface area contributed by atoms with Crippen LogP contribution in [-0.4, -0.2) is 17.7 Å².